The van der Waals surface area contributed by atoms with Gasteiger partial charge in [0, 0.05) is 24.7 Å². The molecule has 8 nitrogen and oxygen atoms in total. The molecule has 1 saturated heterocycles. The zero-order chi connectivity index (χ0) is 27.8. The van der Waals surface area contributed by atoms with E-state index in [1.165, 1.54) is 12.1 Å². The molecule has 2 aromatic carbocycles. The number of hydrogen-bond acceptors (Lipinski definition) is 6. The summed E-state index contributed by atoms with van der Waals surface area (Å²) in [6.07, 6.45) is 0.741. The molecule has 1 atom stereocenters. The minimum Gasteiger partial charge on any atom is -0.383 e. The Balaban J connectivity index is 0.000000956. The van der Waals surface area contributed by atoms with Crippen LogP contribution in [0.4, 0.5) is 20.3 Å². The van der Waals surface area contributed by atoms with Gasteiger partial charge < -0.3 is 11.1 Å². The van der Waals surface area contributed by atoms with Crippen LogP contribution in [0.15, 0.2) is 54.9 Å². The molecule has 4 N–H and O–H groups in total. The van der Waals surface area contributed by atoms with Crippen LogP contribution in [0.1, 0.15) is 48.7 Å². The van der Waals surface area contributed by atoms with Gasteiger partial charge in [0.15, 0.2) is 5.65 Å². The van der Waals surface area contributed by atoms with Gasteiger partial charge in [-0.3, -0.25) is 14.3 Å². The summed E-state index contributed by atoms with van der Waals surface area (Å²) in [5.41, 5.74) is 10.7. The van der Waals surface area contributed by atoms with Crippen molar-refractivity contribution in [1.29, 1.82) is 0 Å². The highest BCUT2D eigenvalue weighted by Gasteiger charge is 2.29. The number of nitrogens with zero attached hydrogens (tertiary/aromatic N) is 4. The lowest BCUT2D eigenvalue weighted by Crippen LogP contribution is -2.25. The van der Waals surface area contributed by atoms with Crippen molar-refractivity contribution in [2.75, 3.05) is 24.8 Å². The molecule has 0 amide bonds. The summed E-state index contributed by atoms with van der Waals surface area (Å²) >= 11 is 0. The van der Waals surface area contributed by atoms with E-state index in [1.807, 2.05) is 45.0 Å². The van der Waals surface area contributed by atoms with Crippen LogP contribution in [0.5, 0.6) is 0 Å². The van der Waals surface area contributed by atoms with Gasteiger partial charge in [-0.25, -0.2) is 14.1 Å². The van der Waals surface area contributed by atoms with Gasteiger partial charge in [0.25, 0.3) is 0 Å². The first-order chi connectivity index (χ1) is 18.4. The monoisotopic (exact) mass is 521 g/mol. The van der Waals surface area contributed by atoms with Crippen LogP contribution in [0, 0.1) is 24.6 Å². The fourth-order valence-electron chi connectivity index (χ4n) is 4.08. The maximum Gasteiger partial charge on any atom is 0.182 e. The first kappa shape index (κ1) is 28.2. The van der Waals surface area contributed by atoms with Gasteiger partial charge in [-0.05, 0) is 48.2 Å². The van der Waals surface area contributed by atoms with Crippen LogP contribution in [0.3, 0.4) is 0 Å². The van der Waals surface area contributed by atoms with Gasteiger partial charge in [-0.2, -0.15) is 10.2 Å². The largest absolute Gasteiger partial charge is 0.383 e. The molecule has 38 heavy (non-hydrogen) atoms. The first-order valence-corrected chi connectivity index (χ1v) is 12.2. The Morgan fingerprint density at radius 3 is 2.71 bits per heavy atom. The van der Waals surface area contributed by atoms with Gasteiger partial charge in [0.2, 0.25) is 0 Å². The molecule has 200 valence electrons. The van der Waals surface area contributed by atoms with Gasteiger partial charge in [-0.15, -0.1) is 0 Å². The fourth-order valence-corrected chi connectivity index (χ4v) is 4.08. The molecule has 3 heterocycles. The molecule has 0 saturated carbocycles. The number of rotatable bonds is 4. The topological polar surface area (TPSA) is 97.0 Å². The summed E-state index contributed by atoms with van der Waals surface area (Å²) < 4.78 is 24.9. The first-order valence-electron chi connectivity index (χ1n) is 12.2. The van der Waals surface area contributed by atoms with E-state index in [2.05, 4.69) is 39.0 Å². The number of halogens is 2. The predicted molar refractivity (Wildman–Crippen MR) is 147 cm³/mol. The Hall–Kier alpha value is -4.36. The fraction of sp³-hybridized carbons (Fsp3) is 0.286. The number of aromatic amines is 1. The average Bonchev–Trinajstić information content (AvgIpc) is 3.65. The van der Waals surface area contributed by atoms with E-state index in [4.69, 9.17) is 10.6 Å². The highest BCUT2D eigenvalue weighted by molar-refractivity contribution is 5.91. The predicted octanol–water partition coefficient (Wildman–Crippen LogP) is 5.60. The minimum atomic E-state index is -0.271. The van der Waals surface area contributed by atoms with E-state index in [0.29, 0.717) is 42.2 Å². The van der Waals surface area contributed by atoms with E-state index in [-0.39, 0.29) is 11.9 Å². The van der Waals surface area contributed by atoms with Crippen LogP contribution < -0.4 is 11.1 Å². The number of aryl methyl sites for hydroxylation is 2. The van der Waals surface area contributed by atoms with Crippen molar-refractivity contribution in [3.63, 3.8) is 0 Å². The molecule has 0 aliphatic carbocycles. The quantitative estimate of drug-likeness (QED) is 0.303. The van der Waals surface area contributed by atoms with Gasteiger partial charge in [0.05, 0.1) is 25.2 Å². The third-order valence-electron chi connectivity index (χ3n) is 5.81. The number of hydrogen-bond donors (Lipinski definition) is 3. The van der Waals surface area contributed by atoms with Crippen molar-refractivity contribution in [2.24, 2.45) is 7.05 Å². The third-order valence-corrected chi connectivity index (χ3v) is 5.81. The van der Waals surface area contributed by atoms with E-state index >= 15 is 0 Å². The number of nitrogen functional groups attached to an aromatic ring is 1. The van der Waals surface area contributed by atoms with E-state index in [0.717, 1.165) is 28.8 Å². The molecular weight excluding hydrogens is 488 g/mol. The molecule has 2 aromatic heterocycles. The Labute approximate surface area is 221 Å². The van der Waals surface area contributed by atoms with Crippen LogP contribution in [-0.4, -0.2) is 38.8 Å². The standard InChI is InChI=1S/C25H24FN7O.C2H6.CH3F/c1-15-7-9-20(14-17(15)8-10-21-23-24(27)29-30-25(23)32(3)31-21)28-16(2)33-22(11-12-34-33)18-5-4-6-19(26)13-18;2*1-2/h4-7,9,13-14,22,28H,2,11-12H2,1,3H3,(H3,27,29,30);1-2H3;1H3/t22-;;/m1../s1. The second kappa shape index (κ2) is 12.7. The summed E-state index contributed by atoms with van der Waals surface area (Å²) in [7, 11) is 2.30. The molecule has 0 unspecified atom stereocenters. The second-order valence-corrected chi connectivity index (χ2v) is 8.18. The zero-order valence-electron chi connectivity index (χ0n) is 22.3. The summed E-state index contributed by atoms with van der Waals surface area (Å²) in [6.45, 7) is 10.7. The molecule has 1 fully saturated rings. The number of hydroxylamine groups is 2. The second-order valence-electron chi connectivity index (χ2n) is 8.18. The van der Waals surface area contributed by atoms with Gasteiger partial charge in [0.1, 0.15) is 23.1 Å². The molecule has 1 aliphatic rings. The molecule has 0 radical (unpaired) electrons. The zero-order valence-corrected chi connectivity index (χ0v) is 22.3. The molecular formula is C28H33F2N7O. The van der Waals surface area contributed by atoms with Gasteiger partial charge in [-0.1, -0.05) is 44.5 Å². The van der Waals surface area contributed by atoms with Crippen molar-refractivity contribution in [1.82, 2.24) is 25.0 Å². The lowest BCUT2D eigenvalue weighted by molar-refractivity contribution is -0.0999. The molecule has 5 rings (SSSR count). The summed E-state index contributed by atoms with van der Waals surface area (Å²) in [5, 5.41) is 17.0. The van der Waals surface area contributed by atoms with Crippen LogP contribution in [0.2, 0.25) is 0 Å². The van der Waals surface area contributed by atoms with Crippen LogP contribution >= 0.6 is 0 Å². The molecule has 0 spiro atoms. The Kier molecular flexibility index (Phi) is 9.46. The van der Waals surface area contributed by atoms with Crippen LogP contribution in [-0.2, 0) is 11.9 Å². The number of aromatic nitrogens is 4. The third kappa shape index (κ3) is 5.95. The van der Waals surface area contributed by atoms with Crippen molar-refractivity contribution >= 4 is 22.5 Å². The summed E-state index contributed by atoms with van der Waals surface area (Å²) in [4.78, 5) is 5.79. The highest BCUT2D eigenvalue weighted by atomic mass is 19.1. The number of nitrogens with two attached hydrogens (primary N) is 1. The smallest absolute Gasteiger partial charge is 0.182 e. The van der Waals surface area contributed by atoms with Gasteiger partial charge >= 0.3 is 0 Å². The lowest BCUT2D eigenvalue weighted by atomic mass is 10.0. The Bertz CT molecular complexity index is 1470. The maximum atomic E-state index is 13.7. The van der Waals surface area contributed by atoms with Crippen molar-refractivity contribution in [3.05, 3.63) is 83.1 Å². The molecule has 10 heteroatoms. The number of nitrogens with one attached hydrogen (secondary N) is 2. The summed E-state index contributed by atoms with van der Waals surface area (Å²) in [5.74, 6) is 7.05. The number of alkyl halides is 1. The maximum absolute atomic E-state index is 13.7. The number of benzene rings is 2. The Morgan fingerprint density at radius 2 is 1.97 bits per heavy atom. The van der Waals surface area contributed by atoms with Crippen molar-refractivity contribution in [3.8, 4) is 11.8 Å². The Morgan fingerprint density at radius 1 is 1.21 bits per heavy atom. The minimum absolute atomic E-state index is 0.118. The molecule has 0 bridgehead atoms. The van der Waals surface area contributed by atoms with E-state index in [1.54, 1.807) is 22.9 Å². The summed E-state index contributed by atoms with van der Waals surface area (Å²) in [6, 6.07) is 12.3. The molecule has 4 aromatic rings. The van der Waals surface area contributed by atoms with E-state index < -0.39 is 0 Å². The lowest BCUT2D eigenvalue weighted by Gasteiger charge is -2.27. The molecule has 1 aliphatic heterocycles. The van der Waals surface area contributed by atoms with Crippen molar-refractivity contribution in [2.45, 2.75) is 33.2 Å². The SMILES string of the molecule is C=C(Nc1ccc(C)c(C#Cc2nn(C)c3n[nH]c(N)c23)c1)N1OCC[C@@H]1c1cccc(F)c1.CC.CF. The number of H-pyrrole nitrogens is 1. The van der Waals surface area contributed by atoms with Crippen molar-refractivity contribution < 1.29 is 13.6 Å². The van der Waals surface area contributed by atoms with E-state index in [9.17, 15) is 8.78 Å². The average molecular weight is 522 g/mol. The van der Waals surface area contributed by atoms with Crippen LogP contribution in [0.25, 0.3) is 11.0 Å². The normalized spacial score (nSPS) is 14.1. The number of fused-ring (bicyclic) bond motifs is 1. The highest BCUT2D eigenvalue weighted by Crippen LogP contribution is 2.33. The number of anilines is 2.